The highest BCUT2D eigenvalue weighted by Gasteiger charge is 2.26. The van der Waals surface area contributed by atoms with Gasteiger partial charge in [0.05, 0.1) is 13.2 Å². The summed E-state index contributed by atoms with van der Waals surface area (Å²) in [6, 6.07) is 19.3. The number of fused-ring (bicyclic) bond motifs is 1. The van der Waals surface area contributed by atoms with Gasteiger partial charge in [-0.25, -0.2) is 4.39 Å². The summed E-state index contributed by atoms with van der Waals surface area (Å²) in [4.78, 5) is 9.15. The van der Waals surface area contributed by atoms with Crippen LogP contribution in [0.15, 0.2) is 120 Å². The van der Waals surface area contributed by atoms with Crippen LogP contribution in [0.3, 0.4) is 0 Å². The molecular weight excluding hydrogens is 599 g/mol. The van der Waals surface area contributed by atoms with Gasteiger partial charge in [-0.3, -0.25) is 9.89 Å². The third-order valence-electron chi connectivity index (χ3n) is 9.00. The predicted octanol–water partition coefficient (Wildman–Crippen LogP) is 8.90. The molecule has 3 aromatic carbocycles. The van der Waals surface area contributed by atoms with Crippen molar-refractivity contribution in [2.45, 2.75) is 45.7 Å². The Labute approximate surface area is 285 Å². The number of methoxy groups -OCH3 is 1. The van der Waals surface area contributed by atoms with Gasteiger partial charge in [-0.05, 0) is 96.8 Å². The van der Waals surface area contributed by atoms with Crippen molar-refractivity contribution < 1.29 is 14.2 Å². The molecule has 0 bridgehead atoms. The van der Waals surface area contributed by atoms with E-state index < -0.39 is 0 Å². The SMILES string of the molecule is C=C/C=C(\C=C(/C)c1cc(O)c2c(c1)C=N2)CN(c1ccc(OC)cc1)C1CCN(CC2=CC(c3ccccc3F)NC=C2)CC1.CC. The van der Waals surface area contributed by atoms with Crippen LogP contribution in [-0.2, 0) is 0 Å². The number of rotatable bonds is 11. The fourth-order valence-electron chi connectivity index (χ4n) is 6.47. The predicted molar refractivity (Wildman–Crippen MR) is 198 cm³/mol. The molecule has 0 spiro atoms. The molecule has 3 aliphatic rings. The third kappa shape index (κ3) is 8.15. The van der Waals surface area contributed by atoms with Crippen molar-refractivity contribution in [2.75, 3.05) is 38.2 Å². The summed E-state index contributed by atoms with van der Waals surface area (Å²) in [5, 5.41) is 13.7. The molecule has 7 heteroatoms. The van der Waals surface area contributed by atoms with Crippen LogP contribution in [0, 0.1) is 5.82 Å². The van der Waals surface area contributed by atoms with E-state index in [2.05, 4.69) is 76.1 Å². The van der Waals surface area contributed by atoms with Crippen LogP contribution in [0.4, 0.5) is 15.8 Å². The number of dihydropyridines is 1. The lowest BCUT2D eigenvalue weighted by Gasteiger charge is -2.40. The summed E-state index contributed by atoms with van der Waals surface area (Å²) < 4.78 is 19.9. The minimum absolute atomic E-state index is 0.166. The summed E-state index contributed by atoms with van der Waals surface area (Å²) >= 11 is 0. The highest BCUT2D eigenvalue weighted by atomic mass is 19.1. The number of nitrogens with zero attached hydrogens (tertiary/aromatic N) is 3. The monoisotopic (exact) mass is 646 g/mol. The Bertz CT molecular complexity index is 1730. The van der Waals surface area contributed by atoms with Crippen LogP contribution >= 0.6 is 0 Å². The Morgan fingerprint density at radius 1 is 1.12 bits per heavy atom. The molecule has 1 unspecified atom stereocenters. The number of ether oxygens (including phenoxy) is 1. The van der Waals surface area contributed by atoms with Gasteiger partial charge in [-0.2, -0.15) is 0 Å². The number of hydrogen-bond acceptors (Lipinski definition) is 6. The number of nitrogens with one attached hydrogen (secondary N) is 1. The number of phenols is 1. The number of piperidine rings is 1. The van der Waals surface area contributed by atoms with E-state index in [4.69, 9.17) is 4.74 Å². The quantitative estimate of drug-likeness (QED) is 0.159. The standard InChI is InChI=1S/C39H41FN4O2.C2H6/c1-4-7-28(20-27(2)30-22-31-24-42-39(31)38(45)23-30)26-44(32-10-12-34(46-3)13-11-32)33-15-18-43(19-16-33)25-29-14-17-41-37(21-29)35-8-5-6-9-36(35)40;1-2/h4-14,17,20-24,33,37,41,45H,1,15-16,18-19,25-26H2,2-3H3;1-2H3/b27-20+,28-7+;. The van der Waals surface area contributed by atoms with Crippen molar-refractivity contribution in [3.05, 3.63) is 137 Å². The number of benzene rings is 3. The Morgan fingerprint density at radius 2 is 1.88 bits per heavy atom. The van der Waals surface area contributed by atoms with E-state index in [0.717, 1.165) is 66.2 Å². The Kier molecular flexibility index (Phi) is 11.7. The second-order valence-electron chi connectivity index (χ2n) is 12.1. The average molecular weight is 647 g/mol. The largest absolute Gasteiger partial charge is 0.506 e. The molecule has 6 nitrogen and oxygen atoms in total. The number of halogens is 1. The van der Waals surface area contributed by atoms with Gasteiger partial charge in [-0.15, -0.1) is 0 Å². The normalized spacial score (nSPS) is 17.7. The molecule has 250 valence electrons. The van der Waals surface area contributed by atoms with E-state index >= 15 is 0 Å². The molecule has 0 aromatic heterocycles. The van der Waals surface area contributed by atoms with Crippen molar-refractivity contribution in [1.29, 1.82) is 0 Å². The highest BCUT2D eigenvalue weighted by molar-refractivity contribution is 6.00. The summed E-state index contributed by atoms with van der Waals surface area (Å²) in [5.41, 5.74) is 7.79. The molecule has 2 N–H and O–H groups in total. The van der Waals surface area contributed by atoms with Gasteiger partial charge in [0.2, 0.25) is 0 Å². The lowest BCUT2D eigenvalue weighted by Crippen LogP contribution is -2.46. The number of phenolic OH excluding ortho intramolecular Hbond substituents is 1. The lowest BCUT2D eigenvalue weighted by atomic mass is 9.97. The van der Waals surface area contributed by atoms with Gasteiger partial charge in [0.15, 0.2) is 0 Å². The van der Waals surface area contributed by atoms with Gasteiger partial charge in [0, 0.05) is 55.2 Å². The Morgan fingerprint density at radius 3 is 2.52 bits per heavy atom. The molecule has 48 heavy (non-hydrogen) atoms. The maximum Gasteiger partial charge on any atom is 0.142 e. The number of allylic oxidation sites excluding steroid dienone is 3. The zero-order valence-electron chi connectivity index (χ0n) is 28.5. The molecule has 1 atom stereocenters. The molecule has 0 aliphatic carbocycles. The number of anilines is 1. The second kappa shape index (κ2) is 16.3. The van der Waals surface area contributed by atoms with Crippen molar-refractivity contribution >= 4 is 23.2 Å². The van der Waals surface area contributed by atoms with Crippen LogP contribution in [0.25, 0.3) is 5.57 Å². The first kappa shape index (κ1) is 34.5. The molecule has 3 aliphatic heterocycles. The summed E-state index contributed by atoms with van der Waals surface area (Å²) in [6.45, 7) is 13.5. The van der Waals surface area contributed by atoms with Crippen LogP contribution in [-0.4, -0.2) is 55.6 Å². The van der Waals surface area contributed by atoms with E-state index in [1.165, 1.54) is 11.6 Å². The summed E-state index contributed by atoms with van der Waals surface area (Å²) in [7, 11) is 1.69. The molecule has 0 amide bonds. The number of aromatic hydroxyl groups is 1. The molecule has 0 radical (unpaired) electrons. The minimum atomic E-state index is -0.190. The number of hydrogen-bond donors (Lipinski definition) is 2. The van der Waals surface area contributed by atoms with Crippen molar-refractivity contribution in [3.63, 3.8) is 0 Å². The van der Waals surface area contributed by atoms with Crippen LogP contribution in [0.2, 0.25) is 0 Å². The summed E-state index contributed by atoms with van der Waals surface area (Å²) in [5.74, 6) is 0.851. The van der Waals surface area contributed by atoms with Gasteiger partial charge in [0.25, 0.3) is 0 Å². The van der Waals surface area contributed by atoms with Crippen molar-refractivity contribution in [2.24, 2.45) is 4.99 Å². The lowest BCUT2D eigenvalue weighted by molar-refractivity contribution is 0.225. The third-order valence-corrected chi connectivity index (χ3v) is 9.00. The Balaban J connectivity index is 0.00000221. The van der Waals surface area contributed by atoms with Crippen molar-refractivity contribution in [3.8, 4) is 11.5 Å². The zero-order valence-corrected chi connectivity index (χ0v) is 28.5. The molecule has 3 aromatic rings. The van der Waals surface area contributed by atoms with E-state index in [9.17, 15) is 9.50 Å². The first-order valence-electron chi connectivity index (χ1n) is 16.8. The number of likely N-dealkylation sites (tertiary alicyclic amines) is 1. The topological polar surface area (TPSA) is 60.3 Å². The van der Waals surface area contributed by atoms with Gasteiger partial charge in [0.1, 0.15) is 23.0 Å². The Hall–Kier alpha value is -4.88. The van der Waals surface area contributed by atoms with Crippen LogP contribution < -0.4 is 15.0 Å². The van der Waals surface area contributed by atoms with Gasteiger partial charge < -0.3 is 20.1 Å². The minimum Gasteiger partial charge on any atom is -0.506 e. The van der Waals surface area contributed by atoms with E-state index in [1.807, 2.05) is 50.4 Å². The molecule has 1 saturated heterocycles. The molecule has 3 heterocycles. The van der Waals surface area contributed by atoms with E-state index in [1.54, 1.807) is 25.5 Å². The first-order chi connectivity index (χ1) is 23.4. The second-order valence-corrected chi connectivity index (χ2v) is 12.1. The zero-order chi connectivity index (χ0) is 34.0. The first-order valence-corrected chi connectivity index (χ1v) is 16.8. The van der Waals surface area contributed by atoms with E-state index in [-0.39, 0.29) is 17.6 Å². The van der Waals surface area contributed by atoms with Crippen molar-refractivity contribution in [1.82, 2.24) is 10.2 Å². The molecule has 6 rings (SSSR count). The number of aliphatic imine (C=N–C) groups is 1. The molecule has 0 saturated carbocycles. The van der Waals surface area contributed by atoms with Crippen LogP contribution in [0.5, 0.6) is 11.5 Å². The molecule has 1 fully saturated rings. The highest BCUT2D eigenvalue weighted by Crippen LogP contribution is 2.38. The van der Waals surface area contributed by atoms with E-state index in [0.29, 0.717) is 23.8 Å². The average Bonchev–Trinajstić information content (AvgIpc) is 3.09. The van der Waals surface area contributed by atoms with Gasteiger partial charge in [-0.1, -0.05) is 62.9 Å². The summed E-state index contributed by atoms with van der Waals surface area (Å²) in [6.07, 6.45) is 16.1. The molecular formula is C41H47FN4O2. The van der Waals surface area contributed by atoms with Gasteiger partial charge >= 0.3 is 0 Å². The smallest absolute Gasteiger partial charge is 0.142 e. The maximum absolute atomic E-state index is 14.5. The fourth-order valence-corrected chi connectivity index (χ4v) is 6.47. The fraction of sp³-hybridized carbons (Fsp3) is 0.293. The maximum atomic E-state index is 14.5. The van der Waals surface area contributed by atoms with Crippen LogP contribution in [0.1, 0.15) is 56.3 Å².